The van der Waals surface area contributed by atoms with Gasteiger partial charge in [-0.3, -0.25) is 9.79 Å². The summed E-state index contributed by atoms with van der Waals surface area (Å²) in [4.78, 5) is 17.8. The molecule has 0 amide bonds. The molecular weight excluding hydrogens is 324 g/mol. The molecule has 0 radical (unpaired) electrons. The molecule has 0 unspecified atom stereocenters. The van der Waals surface area contributed by atoms with Gasteiger partial charge in [-0.2, -0.15) is 0 Å². The first kappa shape index (κ1) is 18.6. The zero-order valence-electron chi connectivity index (χ0n) is 14.6. The monoisotopic (exact) mass is 352 g/mol. The minimum absolute atomic E-state index is 0.144. The predicted octanol–water partition coefficient (Wildman–Crippen LogP) is 2.23. The molecule has 7 heteroatoms. The van der Waals surface area contributed by atoms with Crippen molar-refractivity contribution in [2.75, 3.05) is 38.7 Å². The molecule has 2 N–H and O–H groups in total. The lowest BCUT2D eigenvalue weighted by molar-refractivity contribution is -0.140. The number of methoxy groups -OCH3 is 1. The number of nitrogens with zero attached hydrogens (tertiary/aromatic N) is 2. The van der Waals surface area contributed by atoms with Crippen molar-refractivity contribution in [2.24, 2.45) is 4.99 Å². The number of carbonyl (C=O) groups is 1. The van der Waals surface area contributed by atoms with Crippen LogP contribution in [0, 0.1) is 0 Å². The summed E-state index contributed by atoms with van der Waals surface area (Å²) < 4.78 is 4.64. The Balaban J connectivity index is 1.62. The zero-order valence-corrected chi connectivity index (χ0v) is 15.4. The molecule has 134 valence electrons. The lowest BCUT2D eigenvalue weighted by atomic mass is 10.1. The summed E-state index contributed by atoms with van der Waals surface area (Å²) in [6.07, 6.45) is 4.45. The molecule has 6 nitrogen and oxygen atoms in total. The Morgan fingerprint density at radius 3 is 2.83 bits per heavy atom. The number of guanidine groups is 1. The maximum Gasteiger partial charge on any atom is 0.305 e. The van der Waals surface area contributed by atoms with Gasteiger partial charge in [-0.05, 0) is 43.2 Å². The number of anilines is 1. The molecule has 1 aromatic rings. The van der Waals surface area contributed by atoms with Gasteiger partial charge in [0.25, 0.3) is 0 Å². The Hall–Kier alpha value is -1.76. The highest BCUT2D eigenvalue weighted by Crippen LogP contribution is 2.24. The van der Waals surface area contributed by atoms with E-state index < -0.39 is 0 Å². The van der Waals surface area contributed by atoms with E-state index in [1.54, 1.807) is 18.4 Å². The Bertz CT molecular complexity index is 511. The number of aliphatic imine (C=N–C) groups is 1. The van der Waals surface area contributed by atoms with Gasteiger partial charge in [0, 0.05) is 39.1 Å². The SMILES string of the molecule is CN=C(NCCCCC(=O)OC)NC1CCN(c2cccs2)CC1. The first-order valence-electron chi connectivity index (χ1n) is 8.55. The average Bonchev–Trinajstić information content (AvgIpc) is 3.15. The summed E-state index contributed by atoms with van der Waals surface area (Å²) in [6.45, 7) is 2.97. The van der Waals surface area contributed by atoms with E-state index >= 15 is 0 Å². The van der Waals surface area contributed by atoms with E-state index in [0.717, 1.165) is 51.3 Å². The van der Waals surface area contributed by atoms with Crippen LogP contribution in [0.2, 0.25) is 0 Å². The fourth-order valence-corrected chi connectivity index (χ4v) is 3.57. The maximum absolute atomic E-state index is 11.1. The largest absolute Gasteiger partial charge is 0.469 e. The Kier molecular flexibility index (Phi) is 7.88. The smallest absolute Gasteiger partial charge is 0.305 e. The van der Waals surface area contributed by atoms with E-state index in [4.69, 9.17) is 0 Å². The lowest BCUT2D eigenvalue weighted by Gasteiger charge is -2.33. The highest BCUT2D eigenvalue weighted by molar-refractivity contribution is 7.14. The minimum Gasteiger partial charge on any atom is -0.469 e. The number of piperidine rings is 1. The molecule has 0 spiro atoms. The molecule has 0 aromatic carbocycles. The van der Waals surface area contributed by atoms with Crippen LogP contribution >= 0.6 is 11.3 Å². The van der Waals surface area contributed by atoms with Gasteiger partial charge >= 0.3 is 5.97 Å². The van der Waals surface area contributed by atoms with Gasteiger partial charge in [-0.1, -0.05) is 0 Å². The third-order valence-corrected chi connectivity index (χ3v) is 5.13. The third kappa shape index (κ3) is 6.03. The summed E-state index contributed by atoms with van der Waals surface area (Å²) in [5.41, 5.74) is 0. The normalized spacial score (nSPS) is 16.1. The number of hydrogen-bond donors (Lipinski definition) is 2. The van der Waals surface area contributed by atoms with Crippen LogP contribution in [-0.2, 0) is 9.53 Å². The zero-order chi connectivity index (χ0) is 17.2. The van der Waals surface area contributed by atoms with Crippen LogP contribution in [0.4, 0.5) is 5.00 Å². The molecule has 0 atom stereocenters. The van der Waals surface area contributed by atoms with Crippen molar-refractivity contribution in [3.05, 3.63) is 17.5 Å². The summed E-state index contributed by atoms with van der Waals surface area (Å²) in [7, 11) is 3.22. The molecular formula is C17H28N4O2S. The van der Waals surface area contributed by atoms with Crippen molar-refractivity contribution in [3.63, 3.8) is 0 Å². The Morgan fingerprint density at radius 2 is 2.21 bits per heavy atom. The first-order chi connectivity index (χ1) is 11.7. The van der Waals surface area contributed by atoms with Crippen molar-refractivity contribution < 1.29 is 9.53 Å². The van der Waals surface area contributed by atoms with Crippen molar-refractivity contribution in [2.45, 2.75) is 38.1 Å². The fourth-order valence-electron chi connectivity index (χ4n) is 2.79. The standard InChI is InChI=1S/C17H28N4O2S/c1-18-17(19-10-4-3-7-16(22)23-2)20-14-8-11-21(12-9-14)15-6-5-13-24-15/h5-6,13-14H,3-4,7-12H2,1-2H3,(H2,18,19,20). The van der Waals surface area contributed by atoms with Crippen LogP contribution in [0.25, 0.3) is 0 Å². The molecule has 2 rings (SSSR count). The number of ether oxygens (including phenoxy) is 1. The van der Waals surface area contributed by atoms with Gasteiger partial charge in [0.2, 0.25) is 0 Å². The third-order valence-electron chi connectivity index (χ3n) is 4.21. The van der Waals surface area contributed by atoms with E-state index in [0.29, 0.717) is 12.5 Å². The van der Waals surface area contributed by atoms with Crippen LogP contribution < -0.4 is 15.5 Å². The molecule has 1 fully saturated rings. The summed E-state index contributed by atoms with van der Waals surface area (Å²) in [6, 6.07) is 4.76. The van der Waals surface area contributed by atoms with E-state index in [1.165, 1.54) is 12.1 Å². The number of rotatable bonds is 7. The topological polar surface area (TPSA) is 66.0 Å². The van der Waals surface area contributed by atoms with Crippen LogP contribution in [0.1, 0.15) is 32.1 Å². The van der Waals surface area contributed by atoms with Gasteiger partial charge in [0.15, 0.2) is 5.96 Å². The van der Waals surface area contributed by atoms with Crippen molar-refractivity contribution in [1.82, 2.24) is 10.6 Å². The fraction of sp³-hybridized carbons (Fsp3) is 0.647. The van der Waals surface area contributed by atoms with Crippen molar-refractivity contribution in [3.8, 4) is 0 Å². The summed E-state index contributed by atoms with van der Waals surface area (Å²) in [5, 5.41) is 10.3. The summed E-state index contributed by atoms with van der Waals surface area (Å²) in [5.74, 6) is 0.706. The second-order valence-electron chi connectivity index (χ2n) is 5.89. The molecule has 24 heavy (non-hydrogen) atoms. The van der Waals surface area contributed by atoms with Crippen LogP contribution in [-0.4, -0.2) is 51.8 Å². The second kappa shape index (κ2) is 10.2. The number of thiophene rings is 1. The number of unbranched alkanes of at least 4 members (excludes halogenated alkanes) is 1. The van der Waals surface area contributed by atoms with E-state index in [2.05, 4.69) is 42.8 Å². The molecule has 0 bridgehead atoms. The number of nitrogens with one attached hydrogen (secondary N) is 2. The Labute approximate surface area is 148 Å². The van der Waals surface area contributed by atoms with Crippen molar-refractivity contribution in [1.29, 1.82) is 0 Å². The number of esters is 1. The van der Waals surface area contributed by atoms with Crippen molar-refractivity contribution >= 4 is 28.3 Å². The van der Waals surface area contributed by atoms with Gasteiger partial charge in [0.05, 0.1) is 12.1 Å². The molecule has 1 aliphatic heterocycles. The molecule has 1 aromatic heterocycles. The van der Waals surface area contributed by atoms with Crippen LogP contribution in [0.5, 0.6) is 0 Å². The van der Waals surface area contributed by atoms with Gasteiger partial charge in [-0.25, -0.2) is 0 Å². The highest BCUT2D eigenvalue weighted by Gasteiger charge is 2.20. The number of carbonyl (C=O) groups excluding carboxylic acids is 1. The average molecular weight is 353 g/mol. The van der Waals surface area contributed by atoms with E-state index in [1.807, 2.05) is 0 Å². The van der Waals surface area contributed by atoms with Gasteiger partial charge in [-0.15, -0.1) is 11.3 Å². The molecule has 1 aliphatic rings. The number of hydrogen-bond acceptors (Lipinski definition) is 5. The molecule has 0 saturated carbocycles. The van der Waals surface area contributed by atoms with Gasteiger partial charge in [0.1, 0.15) is 0 Å². The van der Waals surface area contributed by atoms with E-state index in [-0.39, 0.29) is 5.97 Å². The predicted molar refractivity (Wildman–Crippen MR) is 99.9 cm³/mol. The molecule has 0 aliphatic carbocycles. The Morgan fingerprint density at radius 1 is 1.42 bits per heavy atom. The van der Waals surface area contributed by atoms with Crippen LogP contribution in [0.3, 0.4) is 0 Å². The van der Waals surface area contributed by atoms with Crippen LogP contribution in [0.15, 0.2) is 22.5 Å². The van der Waals surface area contributed by atoms with E-state index in [9.17, 15) is 4.79 Å². The lowest BCUT2D eigenvalue weighted by Crippen LogP contribution is -2.48. The summed E-state index contributed by atoms with van der Waals surface area (Å²) >= 11 is 1.80. The quantitative estimate of drug-likeness (QED) is 0.341. The first-order valence-corrected chi connectivity index (χ1v) is 9.43. The highest BCUT2D eigenvalue weighted by atomic mass is 32.1. The van der Waals surface area contributed by atoms with Gasteiger partial charge < -0.3 is 20.3 Å². The molecule has 2 heterocycles. The second-order valence-corrected chi connectivity index (χ2v) is 6.82. The maximum atomic E-state index is 11.1. The minimum atomic E-state index is -0.144. The molecule has 1 saturated heterocycles.